The Morgan fingerprint density at radius 2 is 1.89 bits per heavy atom. The zero-order valence-electron chi connectivity index (χ0n) is 10.7. The van der Waals surface area contributed by atoms with Crippen molar-refractivity contribution in [2.75, 3.05) is 19.6 Å². The monoisotopic (exact) mass is 248 g/mol. The first-order valence-electron chi connectivity index (χ1n) is 6.96. The van der Waals surface area contributed by atoms with E-state index in [0.717, 1.165) is 31.5 Å². The maximum atomic E-state index is 13.6. The summed E-state index contributed by atoms with van der Waals surface area (Å²) in [6.45, 7) is 3.10. The third-order valence-electron chi connectivity index (χ3n) is 4.56. The molecule has 1 saturated carbocycles. The first-order chi connectivity index (χ1) is 8.74. The van der Waals surface area contributed by atoms with E-state index >= 15 is 0 Å². The average molecular weight is 248 g/mol. The van der Waals surface area contributed by atoms with Gasteiger partial charge in [0.25, 0.3) is 0 Å². The van der Waals surface area contributed by atoms with Crippen molar-refractivity contribution in [2.45, 2.75) is 25.3 Å². The molecule has 0 bridgehead atoms. The van der Waals surface area contributed by atoms with Crippen molar-refractivity contribution in [3.05, 3.63) is 35.6 Å². The second-order valence-corrected chi connectivity index (χ2v) is 5.80. The molecular weight excluding hydrogens is 227 g/mol. The van der Waals surface area contributed by atoms with Gasteiger partial charge in [-0.15, -0.1) is 0 Å². The van der Waals surface area contributed by atoms with Crippen molar-refractivity contribution in [1.29, 1.82) is 0 Å². The average Bonchev–Trinajstić information content (AvgIpc) is 2.90. The molecule has 3 heteroatoms. The molecule has 18 heavy (non-hydrogen) atoms. The molecule has 1 saturated heterocycles. The Hall–Kier alpha value is -0.930. The number of nitrogens with zero attached hydrogens (tertiary/aromatic N) is 1. The van der Waals surface area contributed by atoms with E-state index in [4.69, 9.17) is 5.73 Å². The lowest BCUT2D eigenvalue weighted by atomic mass is 10.0. The Labute approximate surface area is 108 Å². The van der Waals surface area contributed by atoms with E-state index in [1.165, 1.54) is 25.3 Å². The van der Waals surface area contributed by atoms with Gasteiger partial charge in [0.15, 0.2) is 0 Å². The molecule has 1 aromatic carbocycles. The molecule has 1 aromatic rings. The summed E-state index contributed by atoms with van der Waals surface area (Å²) in [5, 5.41) is 0. The summed E-state index contributed by atoms with van der Waals surface area (Å²) in [5.41, 5.74) is 6.79. The molecule has 0 radical (unpaired) electrons. The quantitative estimate of drug-likeness (QED) is 0.890. The molecule has 3 rings (SSSR count). The number of fused-ring (bicyclic) bond motifs is 1. The van der Waals surface area contributed by atoms with Gasteiger partial charge in [-0.2, -0.15) is 0 Å². The van der Waals surface area contributed by atoms with Gasteiger partial charge in [0.2, 0.25) is 0 Å². The second-order valence-electron chi connectivity index (χ2n) is 5.80. The van der Waals surface area contributed by atoms with Crippen molar-refractivity contribution >= 4 is 0 Å². The van der Waals surface area contributed by atoms with Gasteiger partial charge in [-0.1, -0.05) is 24.6 Å². The molecule has 3 unspecified atom stereocenters. The minimum absolute atomic E-state index is 0.176. The number of likely N-dealkylation sites (tertiary alicyclic amines) is 1. The van der Waals surface area contributed by atoms with Crippen LogP contribution >= 0.6 is 0 Å². The highest BCUT2D eigenvalue weighted by atomic mass is 19.1. The van der Waals surface area contributed by atoms with E-state index in [0.29, 0.717) is 5.56 Å². The Morgan fingerprint density at radius 3 is 2.56 bits per heavy atom. The lowest BCUT2D eigenvalue weighted by molar-refractivity contribution is 0.289. The van der Waals surface area contributed by atoms with E-state index in [2.05, 4.69) is 4.90 Å². The molecule has 0 aromatic heterocycles. The van der Waals surface area contributed by atoms with Crippen molar-refractivity contribution in [3.8, 4) is 0 Å². The van der Waals surface area contributed by atoms with Gasteiger partial charge in [0.05, 0.1) is 0 Å². The van der Waals surface area contributed by atoms with Crippen LogP contribution in [0.2, 0.25) is 0 Å². The van der Waals surface area contributed by atoms with Crippen molar-refractivity contribution in [3.63, 3.8) is 0 Å². The minimum atomic E-state index is -0.204. The minimum Gasteiger partial charge on any atom is -0.323 e. The van der Waals surface area contributed by atoms with Gasteiger partial charge in [-0.3, -0.25) is 0 Å². The number of nitrogens with two attached hydrogens (primary N) is 1. The molecule has 2 aliphatic rings. The molecule has 1 heterocycles. The van der Waals surface area contributed by atoms with Crippen LogP contribution in [-0.2, 0) is 0 Å². The van der Waals surface area contributed by atoms with Crippen LogP contribution in [0, 0.1) is 17.7 Å². The van der Waals surface area contributed by atoms with Crippen LogP contribution in [0.4, 0.5) is 4.39 Å². The van der Waals surface area contributed by atoms with Crippen LogP contribution in [-0.4, -0.2) is 24.5 Å². The molecule has 1 aliphatic carbocycles. The highest BCUT2D eigenvalue weighted by Crippen LogP contribution is 2.38. The summed E-state index contributed by atoms with van der Waals surface area (Å²) in [7, 11) is 0. The van der Waals surface area contributed by atoms with Crippen LogP contribution in [0.5, 0.6) is 0 Å². The van der Waals surface area contributed by atoms with Gasteiger partial charge in [0.1, 0.15) is 5.82 Å². The summed E-state index contributed by atoms with van der Waals surface area (Å²) in [5.74, 6) is 1.57. The second kappa shape index (κ2) is 4.98. The molecule has 2 fully saturated rings. The maximum Gasteiger partial charge on any atom is 0.128 e. The van der Waals surface area contributed by atoms with Gasteiger partial charge >= 0.3 is 0 Å². The van der Waals surface area contributed by atoms with Crippen molar-refractivity contribution in [2.24, 2.45) is 17.6 Å². The third-order valence-corrected chi connectivity index (χ3v) is 4.56. The number of benzene rings is 1. The Kier molecular flexibility index (Phi) is 3.35. The largest absolute Gasteiger partial charge is 0.323 e. The van der Waals surface area contributed by atoms with Crippen LogP contribution in [0.25, 0.3) is 0 Å². The van der Waals surface area contributed by atoms with Crippen molar-refractivity contribution < 1.29 is 4.39 Å². The fourth-order valence-electron chi connectivity index (χ4n) is 3.63. The van der Waals surface area contributed by atoms with E-state index in [1.807, 2.05) is 6.07 Å². The SMILES string of the molecule is NC(CN1CC2CCCC2C1)c1ccccc1F. The van der Waals surface area contributed by atoms with E-state index in [-0.39, 0.29) is 11.9 Å². The van der Waals surface area contributed by atoms with Gasteiger partial charge < -0.3 is 10.6 Å². The van der Waals surface area contributed by atoms with E-state index < -0.39 is 0 Å². The number of rotatable bonds is 3. The molecule has 0 spiro atoms. The zero-order valence-corrected chi connectivity index (χ0v) is 10.7. The number of hydrogen-bond acceptors (Lipinski definition) is 2. The van der Waals surface area contributed by atoms with Crippen LogP contribution in [0.3, 0.4) is 0 Å². The molecule has 98 valence electrons. The van der Waals surface area contributed by atoms with E-state index in [9.17, 15) is 4.39 Å². The van der Waals surface area contributed by atoms with E-state index in [1.54, 1.807) is 12.1 Å². The van der Waals surface area contributed by atoms with Gasteiger partial charge in [-0.25, -0.2) is 4.39 Å². The summed E-state index contributed by atoms with van der Waals surface area (Å²) < 4.78 is 13.6. The molecule has 2 N–H and O–H groups in total. The standard InChI is InChI=1S/C15H21FN2/c16-14-7-2-1-6-13(14)15(17)10-18-8-11-4-3-5-12(11)9-18/h1-2,6-7,11-12,15H,3-5,8-10,17H2. The Morgan fingerprint density at radius 1 is 1.22 bits per heavy atom. The summed E-state index contributed by atoms with van der Waals surface area (Å²) >= 11 is 0. The molecule has 1 aliphatic heterocycles. The van der Waals surface area contributed by atoms with Crippen LogP contribution in [0.15, 0.2) is 24.3 Å². The first-order valence-corrected chi connectivity index (χ1v) is 6.96. The fourth-order valence-corrected chi connectivity index (χ4v) is 3.63. The topological polar surface area (TPSA) is 29.3 Å². The predicted octanol–water partition coefficient (Wildman–Crippen LogP) is 2.56. The molecular formula is C15H21FN2. The van der Waals surface area contributed by atoms with Gasteiger partial charge in [-0.05, 0) is 30.7 Å². The normalized spacial score (nSPS) is 29.4. The summed E-state index contributed by atoms with van der Waals surface area (Å²) in [6, 6.07) is 6.66. The van der Waals surface area contributed by atoms with Crippen molar-refractivity contribution in [1.82, 2.24) is 4.90 Å². The highest BCUT2D eigenvalue weighted by Gasteiger charge is 2.36. The highest BCUT2D eigenvalue weighted by molar-refractivity contribution is 5.21. The molecule has 0 amide bonds. The molecule has 3 atom stereocenters. The number of hydrogen-bond donors (Lipinski definition) is 1. The first kappa shape index (κ1) is 12.1. The zero-order chi connectivity index (χ0) is 12.5. The fraction of sp³-hybridized carbons (Fsp3) is 0.600. The predicted molar refractivity (Wildman–Crippen MR) is 70.6 cm³/mol. The Balaban J connectivity index is 1.62. The lowest BCUT2D eigenvalue weighted by Crippen LogP contribution is -2.31. The third kappa shape index (κ3) is 2.29. The van der Waals surface area contributed by atoms with Crippen LogP contribution < -0.4 is 5.73 Å². The summed E-state index contributed by atoms with van der Waals surface area (Å²) in [4.78, 5) is 2.42. The summed E-state index contributed by atoms with van der Waals surface area (Å²) in [6.07, 6.45) is 4.13. The smallest absolute Gasteiger partial charge is 0.128 e. The van der Waals surface area contributed by atoms with Crippen LogP contribution in [0.1, 0.15) is 30.9 Å². The Bertz CT molecular complexity index is 409. The number of halogens is 1. The lowest BCUT2D eigenvalue weighted by Gasteiger charge is -2.22. The molecule has 2 nitrogen and oxygen atoms in total. The van der Waals surface area contributed by atoms with Gasteiger partial charge in [0, 0.05) is 31.2 Å². The maximum absolute atomic E-state index is 13.6.